The van der Waals surface area contributed by atoms with Crippen LogP contribution in [0.4, 0.5) is 4.79 Å². The molecule has 0 N–H and O–H groups in total. The Hall–Kier alpha value is -1.06. The van der Waals surface area contributed by atoms with Crippen molar-refractivity contribution in [3.05, 3.63) is 0 Å². The van der Waals surface area contributed by atoms with Crippen LogP contribution in [0.2, 0.25) is 0 Å². The van der Waals surface area contributed by atoms with Crippen molar-refractivity contribution in [2.24, 2.45) is 11.3 Å². The molecule has 1 heterocycles. The number of carbonyl (C=O) groups is 2. The van der Waals surface area contributed by atoms with Crippen LogP contribution in [0.1, 0.15) is 60.3 Å². The lowest BCUT2D eigenvalue weighted by atomic mass is 9.69. The van der Waals surface area contributed by atoms with E-state index in [-0.39, 0.29) is 23.5 Å². The van der Waals surface area contributed by atoms with E-state index in [0.29, 0.717) is 18.7 Å². The summed E-state index contributed by atoms with van der Waals surface area (Å²) < 4.78 is 5.47. The minimum atomic E-state index is -0.456. The number of piperidine rings is 1. The van der Waals surface area contributed by atoms with Crippen LogP contribution < -0.4 is 0 Å². The summed E-state index contributed by atoms with van der Waals surface area (Å²) >= 11 is 0. The normalized spacial score (nSPS) is 34.6. The lowest BCUT2D eigenvalue weighted by Crippen LogP contribution is -2.51. The van der Waals surface area contributed by atoms with E-state index in [1.807, 2.05) is 25.7 Å². The van der Waals surface area contributed by atoms with Gasteiger partial charge in [0.1, 0.15) is 11.4 Å². The number of likely N-dealkylation sites (tertiary alicyclic amines) is 1. The molecule has 4 heteroatoms. The monoisotopic (exact) mass is 281 g/mol. The van der Waals surface area contributed by atoms with Crippen LogP contribution in [0.3, 0.4) is 0 Å². The van der Waals surface area contributed by atoms with Crippen molar-refractivity contribution in [2.45, 2.75) is 71.9 Å². The third-order valence-electron chi connectivity index (χ3n) is 4.98. The Kier molecular flexibility index (Phi) is 3.87. The Labute approximate surface area is 121 Å². The Balaban J connectivity index is 2.03. The molecule has 4 nitrogen and oxygen atoms in total. The first-order chi connectivity index (χ1) is 9.15. The first-order valence-electron chi connectivity index (χ1n) is 7.67. The lowest BCUT2D eigenvalue weighted by molar-refractivity contribution is -0.122. The SMILES string of the molecule is CC1C(=O)CC[C@@]12CCN(C(=O)OC(C)(C)C)[C@@H](C)C2. The fraction of sp³-hybridized carbons (Fsp3) is 0.875. The van der Waals surface area contributed by atoms with Gasteiger partial charge in [-0.2, -0.15) is 0 Å². The molecule has 114 valence electrons. The van der Waals surface area contributed by atoms with Gasteiger partial charge in [0.15, 0.2) is 0 Å². The van der Waals surface area contributed by atoms with Crippen LogP contribution in [0.25, 0.3) is 0 Å². The summed E-state index contributed by atoms with van der Waals surface area (Å²) in [4.78, 5) is 25.9. The molecule has 1 unspecified atom stereocenters. The fourth-order valence-corrected chi connectivity index (χ4v) is 3.72. The molecule has 2 fully saturated rings. The molecule has 1 aliphatic carbocycles. The predicted octanol–water partition coefficient (Wildman–Crippen LogP) is 3.39. The Morgan fingerprint density at radius 3 is 2.40 bits per heavy atom. The molecule has 0 aromatic rings. The molecule has 1 spiro atoms. The molecule has 1 saturated heterocycles. The number of hydrogen-bond acceptors (Lipinski definition) is 3. The molecule has 0 aromatic heterocycles. The maximum Gasteiger partial charge on any atom is 0.410 e. The van der Waals surface area contributed by atoms with Gasteiger partial charge < -0.3 is 9.64 Å². The molecule has 2 aliphatic rings. The molecule has 0 aromatic carbocycles. The molecule has 3 atom stereocenters. The molecule has 0 bridgehead atoms. The van der Waals surface area contributed by atoms with E-state index >= 15 is 0 Å². The molecular formula is C16H27NO3. The van der Waals surface area contributed by atoms with Gasteiger partial charge in [0, 0.05) is 24.9 Å². The van der Waals surface area contributed by atoms with Gasteiger partial charge in [-0.3, -0.25) is 4.79 Å². The second-order valence-corrected chi connectivity index (χ2v) is 7.53. The average Bonchev–Trinajstić information content (AvgIpc) is 2.56. The first-order valence-corrected chi connectivity index (χ1v) is 7.67. The summed E-state index contributed by atoms with van der Waals surface area (Å²) in [5, 5.41) is 0. The van der Waals surface area contributed by atoms with Gasteiger partial charge in [-0.05, 0) is 52.4 Å². The maximum absolute atomic E-state index is 12.2. The smallest absolute Gasteiger partial charge is 0.410 e. The van der Waals surface area contributed by atoms with Crippen molar-refractivity contribution in [3.63, 3.8) is 0 Å². The molecule has 1 aliphatic heterocycles. The molecule has 20 heavy (non-hydrogen) atoms. The van der Waals surface area contributed by atoms with Crippen molar-refractivity contribution >= 4 is 11.9 Å². The fourth-order valence-electron chi connectivity index (χ4n) is 3.72. The molecule has 0 radical (unpaired) electrons. The van der Waals surface area contributed by atoms with Gasteiger partial charge >= 0.3 is 6.09 Å². The van der Waals surface area contributed by atoms with E-state index < -0.39 is 5.60 Å². The van der Waals surface area contributed by atoms with Gasteiger partial charge in [0.25, 0.3) is 0 Å². The zero-order valence-corrected chi connectivity index (χ0v) is 13.4. The highest BCUT2D eigenvalue weighted by atomic mass is 16.6. The number of ketones is 1. The van der Waals surface area contributed by atoms with Gasteiger partial charge in [-0.15, -0.1) is 0 Å². The van der Waals surface area contributed by atoms with Crippen molar-refractivity contribution in [2.75, 3.05) is 6.54 Å². The number of carbonyl (C=O) groups excluding carboxylic acids is 2. The van der Waals surface area contributed by atoms with E-state index in [1.165, 1.54) is 0 Å². The lowest BCUT2D eigenvalue weighted by Gasteiger charge is -2.45. The second-order valence-electron chi connectivity index (χ2n) is 7.53. The van der Waals surface area contributed by atoms with E-state index in [4.69, 9.17) is 4.74 Å². The Morgan fingerprint density at radius 2 is 1.95 bits per heavy atom. The summed E-state index contributed by atoms with van der Waals surface area (Å²) in [6.07, 6.45) is 3.31. The third-order valence-corrected chi connectivity index (χ3v) is 4.98. The topological polar surface area (TPSA) is 46.6 Å². The zero-order valence-electron chi connectivity index (χ0n) is 13.4. The van der Waals surface area contributed by atoms with Crippen molar-refractivity contribution in [1.29, 1.82) is 0 Å². The minimum Gasteiger partial charge on any atom is -0.444 e. The predicted molar refractivity (Wildman–Crippen MR) is 77.5 cm³/mol. The number of ether oxygens (including phenoxy) is 1. The zero-order chi connectivity index (χ0) is 15.1. The summed E-state index contributed by atoms with van der Waals surface area (Å²) in [6, 6.07) is 0.145. The van der Waals surface area contributed by atoms with Gasteiger partial charge in [0.2, 0.25) is 0 Å². The van der Waals surface area contributed by atoms with Crippen LogP contribution in [0.5, 0.6) is 0 Å². The van der Waals surface area contributed by atoms with E-state index in [9.17, 15) is 9.59 Å². The van der Waals surface area contributed by atoms with Crippen molar-refractivity contribution in [3.8, 4) is 0 Å². The molecule has 2 rings (SSSR count). The van der Waals surface area contributed by atoms with Crippen molar-refractivity contribution in [1.82, 2.24) is 4.90 Å². The first kappa shape index (κ1) is 15.3. The summed E-state index contributed by atoms with van der Waals surface area (Å²) in [5.41, 5.74) is -0.336. The summed E-state index contributed by atoms with van der Waals surface area (Å²) in [6.45, 7) is 10.5. The maximum atomic E-state index is 12.2. The van der Waals surface area contributed by atoms with Gasteiger partial charge in [-0.25, -0.2) is 4.79 Å². The van der Waals surface area contributed by atoms with Crippen LogP contribution in [0.15, 0.2) is 0 Å². The second kappa shape index (κ2) is 5.05. The minimum absolute atomic E-state index is 0.120. The highest BCUT2D eigenvalue weighted by Crippen LogP contribution is 2.50. The Morgan fingerprint density at radius 1 is 1.30 bits per heavy atom. The van der Waals surface area contributed by atoms with Crippen molar-refractivity contribution < 1.29 is 14.3 Å². The molecular weight excluding hydrogens is 254 g/mol. The van der Waals surface area contributed by atoms with E-state index in [2.05, 4.69) is 13.8 Å². The summed E-state index contributed by atoms with van der Waals surface area (Å²) in [7, 11) is 0. The quantitative estimate of drug-likeness (QED) is 0.683. The van der Waals surface area contributed by atoms with Crippen LogP contribution >= 0.6 is 0 Å². The largest absolute Gasteiger partial charge is 0.444 e. The van der Waals surface area contributed by atoms with E-state index in [0.717, 1.165) is 19.3 Å². The molecule has 1 amide bonds. The highest BCUT2D eigenvalue weighted by Gasteiger charge is 2.49. The standard InChI is InChI=1S/C16H27NO3/c1-11-10-16(7-6-13(18)12(16)2)8-9-17(11)14(19)20-15(3,4)5/h11-12H,6-10H2,1-5H3/t11-,12?,16-/m0/s1. The van der Waals surface area contributed by atoms with E-state index in [1.54, 1.807) is 0 Å². The number of amides is 1. The van der Waals surface area contributed by atoms with Crippen LogP contribution in [-0.2, 0) is 9.53 Å². The highest BCUT2D eigenvalue weighted by molar-refractivity contribution is 5.84. The van der Waals surface area contributed by atoms with Gasteiger partial charge in [-0.1, -0.05) is 6.92 Å². The van der Waals surface area contributed by atoms with Crippen LogP contribution in [-0.4, -0.2) is 35.0 Å². The third kappa shape index (κ3) is 2.84. The number of hydrogen-bond donors (Lipinski definition) is 0. The number of nitrogens with zero attached hydrogens (tertiary/aromatic N) is 1. The molecule has 1 saturated carbocycles. The van der Waals surface area contributed by atoms with Gasteiger partial charge in [0.05, 0.1) is 0 Å². The average molecular weight is 281 g/mol. The summed E-state index contributed by atoms with van der Waals surface area (Å²) in [5.74, 6) is 0.536. The Bertz CT molecular complexity index is 412. The number of Topliss-reactive ketones (excluding diaryl/α,β-unsaturated/α-hetero) is 1. The number of rotatable bonds is 0. The van der Waals surface area contributed by atoms with Crippen LogP contribution in [0, 0.1) is 11.3 Å².